The van der Waals surface area contributed by atoms with Gasteiger partial charge in [0.05, 0.1) is 31.6 Å². The minimum Gasteiger partial charge on any atom is -0.696 e. The van der Waals surface area contributed by atoms with E-state index in [1.807, 2.05) is 54.6 Å². The molecule has 0 bridgehead atoms. The molecule has 0 aliphatic carbocycles. The summed E-state index contributed by atoms with van der Waals surface area (Å²) in [4.78, 5) is 33.1. The van der Waals surface area contributed by atoms with E-state index in [0.717, 1.165) is 25.9 Å². The van der Waals surface area contributed by atoms with Crippen molar-refractivity contribution in [3.63, 3.8) is 0 Å². The van der Waals surface area contributed by atoms with Gasteiger partial charge < -0.3 is 22.1 Å². The zero-order chi connectivity index (χ0) is 42.9. The minimum atomic E-state index is -3.70. The summed E-state index contributed by atoms with van der Waals surface area (Å²) in [5, 5.41) is 11.6. The van der Waals surface area contributed by atoms with Gasteiger partial charge in [-0.3, -0.25) is 9.27 Å². The molecular formula is C42H45ClN5NaO7S5. The van der Waals surface area contributed by atoms with E-state index in [4.69, 9.17) is 16.9 Å². The van der Waals surface area contributed by atoms with Crippen LogP contribution in [0, 0.1) is 24.5 Å². The Morgan fingerprint density at radius 3 is 1.64 bits per heavy atom. The van der Waals surface area contributed by atoms with Crippen LogP contribution < -0.4 is 29.6 Å². The van der Waals surface area contributed by atoms with Crippen molar-refractivity contribution in [1.82, 2.24) is 14.3 Å². The van der Waals surface area contributed by atoms with Crippen molar-refractivity contribution in [3.05, 3.63) is 155 Å². The monoisotopic (exact) mass is 949 g/mol. The number of aromatic nitrogens is 3. The molecule has 61 heavy (non-hydrogen) atoms. The van der Waals surface area contributed by atoms with Gasteiger partial charge in [-0.15, -0.1) is 12.6 Å². The molecule has 0 aliphatic heterocycles. The van der Waals surface area contributed by atoms with Gasteiger partial charge in [-0.05, 0) is 86.0 Å². The molecule has 0 atom stereocenters. The molecule has 6 aromatic rings. The first-order chi connectivity index (χ1) is 27.7. The molecule has 6 rings (SSSR count). The van der Waals surface area contributed by atoms with Gasteiger partial charge in [0, 0.05) is 33.3 Å². The van der Waals surface area contributed by atoms with Crippen LogP contribution in [0.15, 0.2) is 147 Å². The Morgan fingerprint density at radius 2 is 1.25 bits per heavy atom. The summed E-state index contributed by atoms with van der Waals surface area (Å²) >= 11 is 16.5. The van der Waals surface area contributed by atoms with Crippen molar-refractivity contribution in [2.24, 2.45) is 5.16 Å². The number of pyridine rings is 1. The number of ether oxygens (including phenoxy) is 2. The van der Waals surface area contributed by atoms with E-state index in [-0.39, 0.29) is 55.6 Å². The number of carbonyl (C=O) groups is 2. The number of esters is 2. The molecule has 0 saturated heterocycles. The molecule has 0 radical (unpaired) electrons. The third kappa shape index (κ3) is 24.6. The normalized spacial score (nSPS) is 9.64. The van der Waals surface area contributed by atoms with Crippen LogP contribution in [0.3, 0.4) is 0 Å². The largest absolute Gasteiger partial charge is 1.00 e. The maximum Gasteiger partial charge on any atom is 1.00 e. The number of halogens is 1. The second-order valence-corrected chi connectivity index (χ2v) is 15.7. The van der Waals surface area contributed by atoms with E-state index in [1.54, 1.807) is 36.3 Å². The molecule has 0 amide bonds. The maximum absolute atomic E-state index is 11.4. The molecule has 12 nitrogen and oxygen atoms in total. The number of thiocyanates is 1. The van der Waals surface area contributed by atoms with Crippen molar-refractivity contribution >= 4 is 87.4 Å². The van der Waals surface area contributed by atoms with E-state index in [2.05, 4.69) is 96.6 Å². The standard InChI is InChI=1S/C17H14N2O2S2.C10H10ClNO5S.C7H8S.C5H5N.CHNS.2CH4.Na/c1-11-3-9-14(10-4-11)22-17-18-15(19-23-17)12-5-7-13(8-6-12)16(20)21-2;1-16-10(13)8-5-3-7(4-6-8)9(11)12-17-18(2,14)15;1-6-2-4-7(8)5-3-6;1-2-4-6-5-3-1;2-1-3;;;/h3-10H,1-2H3;3-6H,1-2H3;2-5,8H,1H3;1-5H;3H;2*1H4;/q;;;;;;;+1/p-1/b;12-9+;;;;;;. The van der Waals surface area contributed by atoms with Gasteiger partial charge in [-0.25, -0.2) is 19.8 Å². The minimum absolute atomic E-state index is 0. The number of methoxy groups -OCH3 is 2. The van der Waals surface area contributed by atoms with Crippen molar-refractivity contribution in [3.8, 4) is 16.8 Å². The number of nitriles is 1. The number of oxime groups is 1. The van der Waals surface area contributed by atoms with Crippen LogP contribution in [-0.4, -0.2) is 60.3 Å². The summed E-state index contributed by atoms with van der Waals surface area (Å²) in [5.74, 6) is -0.165. The van der Waals surface area contributed by atoms with Crippen molar-refractivity contribution in [1.29, 1.82) is 5.26 Å². The Morgan fingerprint density at radius 1 is 0.803 bits per heavy atom. The topological polar surface area (TPSA) is 171 Å². The molecule has 0 N–H and O–H groups in total. The summed E-state index contributed by atoms with van der Waals surface area (Å²) in [6.45, 7) is 4.13. The first-order valence-corrected chi connectivity index (χ1v) is 21.0. The number of hydrogen-bond donors (Lipinski definition) is 1. The first kappa shape index (κ1) is 58.7. The Hall–Kier alpha value is -4.35. The van der Waals surface area contributed by atoms with E-state index >= 15 is 0 Å². The molecule has 0 aliphatic rings. The number of hydrogen-bond acceptors (Lipinski definition) is 16. The number of carbonyl (C=O) groups excluding carboxylic acids is 2. The molecule has 318 valence electrons. The molecule has 0 fully saturated rings. The van der Waals surface area contributed by atoms with Crippen LogP contribution in [0.4, 0.5) is 0 Å². The van der Waals surface area contributed by atoms with Gasteiger partial charge in [0.2, 0.25) is 0 Å². The predicted molar refractivity (Wildman–Crippen MR) is 247 cm³/mol. The fourth-order valence-corrected chi connectivity index (χ4v) is 5.97. The average molecular weight is 951 g/mol. The molecule has 4 aromatic carbocycles. The van der Waals surface area contributed by atoms with Crippen molar-refractivity contribution in [2.45, 2.75) is 42.8 Å². The van der Waals surface area contributed by atoms with Gasteiger partial charge in [-0.2, -0.15) is 12.8 Å². The third-order valence-electron chi connectivity index (χ3n) is 6.60. The smallest absolute Gasteiger partial charge is 0.696 e. The van der Waals surface area contributed by atoms with Gasteiger partial charge in [0.1, 0.15) is 0 Å². The SMILES string of the molecule is C.C.COC(=O)c1ccc(-c2nsc(Sc3ccc(C)cc3)n2)cc1.COC(=O)c1ccc(/C(Cl)=N\OS(C)(=O)=O)cc1.Cc1ccc(S)cc1.N#C[S-].[Na+].c1ccncc1. The fourth-order valence-electron chi connectivity index (χ4n) is 3.82. The Kier molecular flexibility index (Phi) is 31.2. The summed E-state index contributed by atoms with van der Waals surface area (Å²) in [5.41, 5.74) is 4.66. The summed E-state index contributed by atoms with van der Waals surface area (Å²) in [7, 11) is -1.06. The molecule has 2 aromatic heterocycles. The molecule has 0 unspecified atom stereocenters. The van der Waals surface area contributed by atoms with Crippen LogP contribution >= 0.6 is 47.5 Å². The zero-order valence-corrected chi connectivity index (χ0v) is 39.6. The van der Waals surface area contributed by atoms with Crippen molar-refractivity contribution < 1.29 is 61.3 Å². The van der Waals surface area contributed by atoms with Crippen LogP contribution in [-0.2, 0) is 36.5 Å². The Bertz CT molecular complexity index is 2290. The van der Waals surface area contributed by atoms with Crippen LogP contribution in [0.1, 0.15) is 52.3 Å². The number of rotatable bonds is 8. The number of benzene rings is 4. The fraction of sp³-hybridized carbons (Fsp3) is 0.167. The molecule has 0 spiro atoms. The number of thiol groups is 1. The van der Waals surface area contributed by atoms with E-state index in [9.17, 15) is 18.0 Å². The predicted octanol–water partition coefficient (Wildman–Crippen LogP) is 7.46. The summed E-state index contributed by atoms with van der Waals surface area (Å²) < 4.78 is 40.1. The second-order valence-electron chi connectivity index (χ2n) is 11.0. The van der Waals surface area contributed by atoms with Gasteiger partial charge in [-0.1, -0.05) is 114 Å². The van der Waals surface area contributed by atoms with Crippen molar-refractivity contribution in [2.75, 3.05) is 20.5 Å². The molecule has 0 saturated carbocycles. The van der Waals surface area contributed by atoms with Gasteiger partial charge in [0.15, 0.2) is 15.3 Å². The van der Waals surface area contributed by atoms with E-state index in [1.165, 1.54) is 66.5 Å². The summed E-state index contributed by atoms with van der Waals surface area (Å²) in [6, 6.07) is 35.1. The number of aryl methyl sites for hydroxylation is 2. The molecule has 2 heterocycles. The maximum atomic E-state index is 11.4. The average Bonchev–Trinajstić information content (AvgIpc) is 3.71. The Balaban J connectivity index is 0. The van der Waals surface area contributed by atoms with E-state index < -0.39 is 16.1 Å². The molecular weight excluding hydrogens is 905 g/mol. The summed E-state index contributed by atoms with van der Waals surface area (Å²) in [6.07, 6.45) is 4.35. The quantitative estimate of drug-likeness (QED) is 0.0304. The Labute approximate surface area is 405 Å². The second kappa shape index (κ2) is 32.4. The zero-order valence-electron chi connectivity index (χ0n) is 32.7. The van der Waals surface area contributed by atoms with Crippen LogP contribution in [0.25, 0.3) is 11.4 Å². The van der Waals surface area contributed by atoms with Gasteiger partial charge >= 0.3 is 51.6 Å². The van der Waals surface area contributed by atoms with E-state index in [0.29, 0.717) is 22.5 Å². The molecule has 19 heteroatoms. The third-order valence-corrected chi connectivity index (χ3v) is 9.28. The van der Waals surface area contributed by atoms with Crippen LogP contribution in [0.5, 0.6) is 0 Å². The van der Waals surface area contributed by atoms with Gasteiger partial charge in [0.25, 0.3) is 0 Å². The first-order valence-electron chi connectivity index (χ1n) is 16.4. The van der Waals surface area contributed by atoms with Crippen LogP contribution in [0.2, 0.25) is 0 Å². The number of nitrogens with zero attached hydrogens (tertiary/aromatic N) is 5.